The first-order valence-electron chi connectivity index (χ1n) is 16.7. The first kappa shape index (κ1) is 29.8. The summed E-state index contributed by atoms with van der Waals surface area (Å²) in [6.45, 7) is 4.84. The molecule has 2 heterocycles. The Balaban J connectivity index is 1.09. The summed E-state index contributed by atoms with van der Waals surface area (Å²) in [6, 6.07) is 21.0. The van der Waals surface area contributed by atoms with Gasteiger partial charge in [-0.25, -0.2) is 0 Å². The predicted molar refractivity (Wildman–Crippen MR) is 175 cm³/mol. The molecule has 3 amide bonds. The minimum absolute atomic E-state index is 0.00336. The van der Waals surface area contributed by atoms with Gasteiger partial charge in [-0.3, -0.25) is 14.4 Å². The number of para-hydroxylation sites is 1. The highest BCUT2D eigenvalue weighted by Gasteiger charge is 2.48. The minimum Gasteiger partial charge on any atom is -0.391 e. The van der Waals surface area contributed by atoms with E-state index in [0.717, 1.165) is 35.6 Å². The summed E-state index contributed by atoms with van der Waals surface area (Å²) >= 11 is 0. The molecular weight excluding hydrogens is 564 g/mol. The van der Waals surface area contributed by atoms with E-state index in [0.29, 0.717) is 44.4 Å². The number of fused-ring (bicyclic) bond motifs is 3. The van der Waals surface area contributed by atoms with Crippen LogP contribution in [0.3, 0.4) is 0 Å². The molecule has 3 aromatic rings. The fourth-order valence-electron chi connectivity index (χ4n) is 8.44. The van der Waals surface area contributed by atoms with Crippen LogP contribution in [0.25, 0.3) is 10.8 Å². The molecule has 2 aliphatic carbocycles. The zero-order chi connectivity index (χ0) is 31.1. The lowest BCUT2D eigenvalue weighted by Gasteiger charge is -2.38. The maximum Gasteiger partial charge on any atom is 0.245 e. The number of aryl methyl sites for hydroxylation is 1. The third kappa shape index (κ3) is 6.05. The standard InChI is InChI=1S/C37H44N4O4/c1-24-6-2-5-9-33(24)39-14-16-40(17-15-39)37(45)32(21-26-10-12-27-7-3-4-8-28(27)18-26)38-35(43)34-22-30(42)23-41(34)36(44)31-20-25-11-13-29(31)19-25/h2-10,12,18,25,29-32,34,42H,11,13-17,19-23H2,1H3,(H,38,43)/t25?,29?,30-,31?,32?,34?/m1/s1. The number of hydrogen-bond donors (Lipinski definition) is 2. The van der Waals surface area contributed by atoms with Gasteiger partial charge in [0, 0.05) is 57.2 Å². The van der Waals surface area contributed by atoms with E-state index in [-0.39, 0.29) is 36.6 Å². The maximum absolute atomic E-state index is 14.2. The number of aliphatic hydroxyl groups is 1. The fraction of sp³-hybridized carbons (Fsp3) is 0.486. The number of β-amino-alcohol motifs (C(OH)–C–C–N with tert-alkyl or cyclic N) is 1. The molecular formula is C37H44N4O4. The van der Waals surface area contributed by atoms with Crippen molar-refractivity contribution in [1.29, 1.82) is 0 Å². The van der Waals surface area contributed by atoms with Crippen LogP contribution in [0.15, 0.2) is 66.7 Å². The zero-order valence-corrected chi connectivity index (χ0v) is 26.1. The summed E-state index contributed by atoms with van der Waals surface area (Å²) < 4.78 is 0. The molecule has 7 rings (SSSR count). The van der Waals surface area contributed by atoms with Crippen molar-refractivity contribution in [2.75, 3.05) is 37.6 Å². The summed E-state index contributed by atoms with van der Waals surface area (Å²) in [5, 5.41) is 15.9. The summed E-state index contributed by atoms with van der Waals surface area (Å²) in [5.74, 6) is 0.502. The third-order valence-corrected chi connectivity index (χ3v) is 10.8. The monoisotopic (exact) mass is 608 g/mol. The van der Waals surface area contributed by atoms with Crippen LogP contribution in [-0.2, 0) is 20.8 Å². The number of anilines is 1. The minimum atomic E-state index is -0.777. The van der Waals surface area contributed by atoms with Crippen LogP contribution in [0.5, 0.6) is 0 Å². The second-order valence-corrected chi connectivity index (χ2v) is 13.7. The molecule has 45 heavy (non-hydrogen) atoms. The van der Waals surface area contributed by atoms with Crippen LogP contribution in [-0.4, -0.2) is 83.5 Å². The van der Waals surface area contributed by atoms with Crippen molar-refractivity contribution in [3.05, 3.63) is 77.9 Å². The van der Waals surface area contributed by atoms with Crippen LogP contribution < -0.4 is 10.2 Å². The molecule has 2 bridgehead atoms. The van der Waals surface area contributed by atoms with Crippen LogP contribution in [0.2, 0.25) is 0 Å². The summed E-state index contributed by atoms with van der Waals surface area (Å²) in [4.78, 5) is 47.6. The molecule has 8 heteroatoms. The number of carbonyl (C=O) groups is 3. The second-order valence-electron chi connectivity index (χ2n) is 13.7. The van der Waals surface area contributed by atoms with Crippen LogP contribution in [0, 0.1) is 24.7 Å². The molecule has 6 atom stereocenters. The lowest BCUT2D eigenvalue weighted by atomic mass is 9.87. The molecule has 2 saturated heterocycles. The van der Waals surface area contributed by atoms with Crippen molar-refractivity contribution in [2.45, 2.75) is 63.6 Å². The van der Waals surface area contributed by atoms with E-state index in [9.17, 15) is 19.5 Å². The van der Waals surface area contributed by atoms with Crippen molar-refractivity contribution in [2.24, 2.45) is 17.8 Å². The van der Waals surface area contributed by atoms with Gasteiger partial charge in [0.15, 0.2) is 0 Å². The van der Waals surface area contributed by atoms with Crippen molar-refractivity contribution in [1.82, 2.24) is 15.1 Å². The number of likely N-dealkylation sites (tertiary alicyclic amines) is 1. The molecule has 8 nitrogen and oxygen atoms in total. The molecule has 236 valence electrons. The number of piperazine rings is 1. The van der Waals surface area contributed by atoms with Gasteiger partial charge in [0.25, 0.3) is 0 Å². The van der Waals surface area contributed by atoms with E-state index in [1.807, 2.05) is 35.2 Å². The lowest BCUT2D eigenvalue weighted by molar-refractivity contribution is -0.144. The average molecular weight is 609 g/mol. The van der Waals surface area contributed by atoms with Gasteiger partial charge in [0.2, 0.25) is 17.7 Å². The van der Waals surface area contributed by atoms with E-state index >= 15 is 0 Å². The Hall–Kier alpha value is -3.91. The van der Waals surface area contributed by atoms with Crippen molar-refractivity contribution < 1.29 is 19.5 Å². The van der Waals surface area contributed by atoms with E-state index in [1.54, 1.807) is 4.90 Å². The lowest BCUT2D eigenvalue weighted by Crippen LogP contribution is -2.58. The number of amides is 3. The highest BCUT2D eigenvalue weighted by atomic mass is 16.3. The van der Waals surface area contributed by atoms with Crippen molar-refractivity contribution in [3.8, 4) is 0 Å². The smallest absolute Gasteiger partial charge is 0.245 e. The first-order valence-corrected chi connectivity index (χ1v) is 16.7. The van der Waals surface area contributed by atoms with Crippen LogP contribution in [0.4, 0.5) is 5.69 Å². The highest BCUT2D eigenvalue weighted by Crippen LogP contribution is 2.49. The second kappa shape index (κ2) is 12.5. The van der Waals surface area contributed by atoms with Gasteiger partial charge in [-0.15, -0.1) is 0 Å². The van der Waals surface area contributed by atoms with Gasteiger partial charge in [-0.1, -0.05) is 67.1 Å². The Morgan fingerprint density at radius 2 is 1.64 bits per heavy atom. The van der Waals surface area contributed by atoms with E-state index in [4.69, 9.17) is 0 Å². The van der Waals surface area contributed by atoms with E-state index < -0.39 is 18.2 Å². The molecule has 2 aliphatic heterocycles. The normalized spacial score (nSPS) is 26.8. The summed E-state index contributed by atoms with van der Waals surface area (Å²) in [5.41, 5.74) is 3.36. The van der Waals surface area contributed by atoms with Gasteiger partial charge in [0.1, 0.15) is 12.1 Å². The molecule has 0 radical (unpaired) electrons. The summed E-state index contributed by atoms with van der Waals surface area (Å²) in [6.07, 6.45) is 4.07. The quantitative estimate of drug-likeness (QED) is 0.424. The Morgan fingerprint density at radius 1 is 0.889 bits per heavy atom. The molecule has 3 aromatic carbocycles. The van der Waals surface area contributed by atoms with Crippen molar-refractivity contribution in [3.63, 3.8) is 0 Å². The molecule has 4 fully saturated rings. The number of hydrogen-bond acceptors (Lipinski definition) is 5. The molecule has 2 N–H and O–H groups in total. The summed E-state index contributed by atoms with van der Waals surface area (Å²) in [7, 11) is 0. The molecule has 0 aromatic heterocycles. The Bertz CT molecular complexity index is 1580. The van der Waals surface area contributed by atoms with Gasteiger partial charge >= 0.3 is 0 Å². The topological polar surface area (TPSA) is 93.2 Å². The molecule has 0 spiro atoms. The Morgan fingerprint density at radius 3 is 2.38 bits per heavy atom. The Labute approximate surface area is 265 Å². The number of aliphatic hydroxyl groups excluding tert-OH is 1. The fourth-order valence-corrected chi connectivity index (χ4v) is 8.44. The van der Waals surface area contributed by atoms with E-state index in [1.165, 1.54) is 17.7 Å². The SMILES string of the molecule is Cc1ccccc1N1CCN(C(=O)C(Cc2ccc3ccccc3c2)NC(=O)C2C[C@@H](O)CN2C(=O)C2CC3CCC2C3)CC1. The first-order chi connectivity index (χ1) is 21.8. The number of nitrogens with one attached hydrogen (secondary N) is 1. The number of nitrogens with zero attached hydrogens (tertiary/aromatic N) is 3. The molecule has 5 unspecified atom stereocenters. The van der Waals surface area contributed by atoms with Gasteiger partial charge < -0.3 is 25.1 Å². The van der Waals surface area contributed by atoms with Gasteiger partial charge in [-0.2, -0.15) is 0 Å². The number of rotatable bonds is 7. The zero-order valence-electron chi connectivity index (χ0n) is 26.1. The van der Waals surface area contributed by atoms with Crippen LogP contribution in [0.1, 0.15) is 43.2 Å². The maximum atomic E-state index is 14.2. The predicted octanol–water partition coefficient (Wildman–Crippen LogP) is 3.92. The largest absolute Gasteiger partial charge is 0.391 e. The average Bonchev–Trinajstić information content (AvgIpc) is 3.80. The van der Waals surface area contributed by atoms with Gasteiger partial charge in [0.05, 0.1) is 6.10 Å². The third-order valence-electron chi connectivity index (χ3n) is 10.8. The number of benzene rings is 3. The van der Waals surface area contributed by atoms with E-state index in [2.05, 4.69) is 53.5 Å². The highest BCUT2D eigenvalue weighted by molar-refractivity contribution is 5.93. The van der Waals surface area contributed by atoms with Gasteiger partial charge in [-0.05, 0) is 66.0 Å². The Kier molecular flexibility index (Phi) is 8.25. The number of carbonyl (C=O) groups excluding carboxylic acids is 3. The molecule has 2 saturated carbocycles. The van der Waals surface area contributed by atoms with Crippen molar-refractivity contribution >= 4 is 34.2 Å². The van der Waals surface area contributed by atoms with Crippen LogP contribution >= 0.6 is 0 Å². The molecule has 4 aliphatic rings.